The molecule has 2 aromatic rings. The van der Waals surface area contributed by atoms with Crippen molar-refractivity contribution in [3.63, 3.8) is 0 Å². The number of pyridine rings is 1. The van der Waals surface area contributed by atoms with Crippen LogP contribution in [0, 0.1) is 12.7 Å². The van der Waals surface area contributed by atoms with E-state index in [1.54, 1.807) is 18.3 Å². The Labute approximate surface area is 140 Å². The zero-order valence-corrected chi connectivity index (χ0v) is 13.5. The van der Waals surface area contributed by atoms with Crippen molar-refractivity contribution in [3.8, 4) is 0 Å². The Morgan fingerprint density at radius 2 is 2.12 bits per heavy atom. The largest absolute Gasteiger partial charge is 0.376 e. The monoisotopic (exact) mass is 329 g/mol. The molecule has 24 heavy (non-hydrogen) atoms. The summed E-state index contributed by atoms with van der Waals surface area (Å²) in [5, 5.41) is 5.69. The molecule has 2 N–H and O–H groups in total. The summed E-state index contributed by atoms with van der Waals surface area (Å²) in [6.45, 7) is 2.55. The van der Waals surface area contributed by atoms with Crippen molar-refractivity contribution in [2.24, 2.45) is 0 Å². The van der Waals surface area contributed by atoms with E-state index in [-0.39, 0.29) is 24.0 Å². The van der Waals surface area contributed by atoms with Crippen LogP contribution in [0.25, 0.3) is 0 Å². The van der Waals surface area contributed by atoms with Crippen LogP contribution in [0.3, 0.4) is 0 Å². The molecule has 5 nitrogen and oxygen atoms in total. The molecular formula is C18H20FN3O2. The fourth-order valence-electron chi connectivity index (χ4n) is 2.83. The highest BCUT2D eigenvalue weighted by Gasteiger charge is 2.29. The lowest BCUT2D eigenvalue weighted by Crippen LogP contribution is -2.39. The molecule has 0 spiro atoms. The number of rotatable bonds is 4. The lowest BCUT2D eigenvalue weighted by atomic mass is 9.99. The van der Waals surface area contributed by atoms with Gasteiger partial charge in [0, 0.05) is 12.8 Å². The molecule has 6 heteroatoms. The number of nitrogens with zero attached hydrogens (tertiary/aromatic N) is 1. The number of ether oxygens (including phenoxy) is 1. The summed E-state index contributed by atoms with van der Waals surface area (Å²) < 4.78 is 18.9. The zero-order valence-electron chi connectivity index (χ0n) is 13.5. The minimum Gasteiger partial charge on any atom is -0.376 e. The van der Waals surface area contributed by atoms with Gasteiger partial charge in [-0.15, -0.1) is 0 Å². The van der Waals surface area contributed by atoms with E-state index in [1.807, 2.05) is 19.1 Å². The van der Waals surface area contributed by atoms with E-state index in [9.17, 15) is 9.18 Å². The maximum absolute atomic E-state index is 13.2. The van der Waals surface area contributed by atoms with Gasteiger partial charge in [-0.2, -0.15) is 0 Å². The molecule has 1 aliphatic heterocycles. The minimum absolute atomic E-state index is 0.119. The SMILES string of the molecule is Cc1cccnc1NC(=O)N[C@H](c1ccc(F)cc1)[C@H]1CCCO1. The highest BCUT2D eigenvalue weighted by molar-refractivity contribution is 5.89. The highest BCUT2D eigenvalue weighted by Crippen LogP contribution is 2.27. The second-order valence-corrected chi connectivity index (χ2v) is 5.85. The van der Waals surface area contributed by atoms with Gasteiger partial charge in [0.25, 0.3) is 0 Å². The smallest absolute Gasteiger partial charge is 0.320 e. The molecule has 1 aromatic heterocycles. The first-order valence-corrected chi connectivity index (χ1v) is 7.99. The fourth-order valence-corrected chi connectivity index (χ4v) is 2.83. The number of amides is 2. The molecule has 0 aliphatic carbocycles. The predicted molar refractivity (Wildman–Crippen MR) is 89.2 cm³/mol. The van der Waals surface area contributed by atoms with Crippen molar-refractivity contribution >= 4 is 11.8 Å². The Balaban J connectivity index is 1.75. The zero-order chi connectivity index (χ0) is 16.9. The maximum atomic E-state index is 13.2. The number of aryl methyl sites for hydroxylation is 1. The van der Waals surface area contributed by atoms with Crippen molar-refractivity contribution < 1.29 is 13.9 Å². The van der Waals surface area contributed by atoms with Gasteiger partial charge in [-0.1, -0.05) is 18.2 Å². The third kappa shape index (κ3) is 3.89. The Bertz CT molecular complexity index is 700. The summed E-state index contributed by atoms with van der Waals surface area (Å²) in [6, 6.07) is 9.12. The third-order valence-electron chi connectivity index (χ3n) is 4.09. The molecule has 0 radical (unpaired) electrons. The molecule has 1 aromatic carbocycles. The van der Waals surface area contributed by atoms with Crippen LogP contribution in [0.1, 0.15) is 30.0 Å². The standard InChI is InChI=1S/C18H20FN3O2/c1-12-4-2-10-20-17(12)22-18(23)21-16(15-5-3-11-24-15)13-6-8-14(19)9-7-13/h2,4,6-10,15-16H,3,5,11H2,1H3,(H2,20,21,22,23)/t15-,16-/m1/s1. The summed E-state index contributed by atoms with van der Waals surface area (Å²) in [7, 11) is 0. The van der Waals surface area contributed by atoms with Gasteiger partial charge in [-0.05, 0) is 49.1 Å². The lowest BCUT2D eigenvalue weighted by Gasteiger charge is -2.25. The quantitative estimate of drug-likeness (QED) is 0.901. The van der Waals surface area contributed by atoms with Crippen LogP contribution in [0.15, 0.2) is 42.6 Å². The average molecular weight is 329 g/mol. The second-order valence-electron chi connectivity index (χ2n) is 5.85. The van der Waals surface area contributed by atoms with Crippen LogP contribution in [-0.2, 0) is 4.74 Å². The molecule has 1 aliphatic rings. The van der Waals surface area contributed by atoms with Gasteiger partial charge < -0.3 is 10.1 Å². The molecule has 2 heterocycles. The van der Waals surface area contributed by atoms with E-state index in [0.29, 0.717) is 12.4 Å². The van der Waals surface area contributed by atoms with Crippen LogP contribution in [0.5, 0.6) is 0 Å². The number of anilines is 1. The number of hydrogen-bond donors (Lipinski definition) is 2. The first-order chi connectivity index (χ1) is 11.6. The van der Waals surface area contributed by atoms with Crippen LogP contribution < -0.4 is 10.6 Å². The number of halogens is 1. The van der Waals surface area contributed by atoms with Crippen LogP contribution in [-0.4, -0.2) is 23.7 Å². The summed E-state index contributed by atoms with van der Waals surface area (Å²) in [6.07, 6.45) is 3.31. The van der Waals surface area contributed by atoms with E-state index in [0.717, 1.165) is 24.0 Å². The van der Waals surface area contributed by atoms with E-state index >= 15 is 0 Å². The molecule has 0 saturated carbocycles. The third-order valence-corrected chi connectivity index (χ3v) is 4.09. The normalized spacial score (nSPS) is 18.2. The number of aromatic nitrogens is 1. The average Bonchev–Trinajstić information content (AvgIpc) is 3.10. The lowest BCUT2D eigenvalue weighted by molar-refractivity contribution is 0.0815. The first-order valence-electron chi connectivity index (χ1n) is 7.99. The predicted octanol–water partition coefficient (Wildman–Crippen LogP) is 3.57. The molecule has 1 saturated heterocycles. The summed E-state index contributed by atoms with van der Waals surface area (Å²) in [5.74, 6) is 0.207. The minimum atomic E-state index is -0.360. The van der Waals surface area contributed by atoms with E-state index in [1.165, 1.54) is 12.1 Å². The molecule has 0 unspecified atom stereocenters. The van der Waals surface area contributed by atoms with Gasteiger partial charge in [0.1, 0.15) is 11.6 Å². The Morgan fingerprint density at radius 1 is 1.33 bits per heavy atom. The molecule has 1 fully saturated rings. The Kier molecular flexibility index (Phi) is 5.05. The first kappa shape index (κ1) is 16.4. The number of carbonyl (C=O) groups is 1. The van der Waals surface area contributed by atoms with Crippen molar-refractivity contribution in [1.29, 1.82) is 0 Å². The number of benzene rings is 1. The van der Waals surface area contributed by atoms with Gasteiger partial charge in [0.05, 0.1) is 12.1 Å². The Hall–Kier alpha value is -2.47. The Morgan fingerprint density at radius 3 is 2.79 bits per heavy atom. The van der Waals surface area contributed by atoms with Crippen LogP contribution in [0.2, 0.25) is 0 Å². The molecular weight excluding hydrogens is 309 g/mol. The van der Waals surface area contributed by atoms with Crippen molar-refractivity contribution in [3.05, 3.63) is 59.5 Å². The second kappa shape index (κ2) is 7.40. The molecule has 0 bridgehead atoms. The van der Waals surface area contributed by atoms with E-state index in [4.69, 9.17) is 4.74 Å². The van der Waals surface area contributed by atoms with Crippen LogP contribution >= 0.6 is 0 Å². The van der Waals surface area contributed by atoms with Crippen molar-refractivity contribution in [2.75, 3.05) is 11.9 Å². The van der Waals surface area contributed by atoms with Gasteiger partial charge in [-0.3, -0.25) is 5.32 Å². The van der Waals surface area contributed by atoms with Gasteiger partial charge in [-0.25, -0.2) is 14.2 Å². The van der Waals surface area contributed by atoms with Gasteiger partial charge >= 0.3 is 6.03 Å². The summed E-state index contributed by atoms with van der Waals surface area (Å²) in [4.78, 5) is 16.5. The maximum Gasteiger partial charge on any atom is 0.320 e. The topological polar surface area (TPSA) is 63.2 Å². The van der Waals surface area contributed by atoms with E-state index in [2.05, 4.69) is 15.6 Å². The molecule has 126 valence electrons. The van der Waals surface area contributed by atoms with Gasteiger partial charge in [0.15, 0.2) is 0 Å². The number of urea groups is 1. The highest BCUT2D eigenvalue weighted by atomic mass is 19.1. The van der Waals surface area contributed by atoms with Crippen molar-refractivity contribution in [2.45, 2.75) is 31.9 Å². The summed E-state index contributed by atoms with van der Waals surface area (Å²) in [5.41, 5.74) is 1.69. The number of nitrogens with one attached hydrogen (secondary N) is 2. The molecule has 2 atom stereocenters. The molecule has 2 amide bonds. The number of hydrogen-bond acceptors (Lipinski definition) is 3. The molecule has 3 rings (SSSR count). The van der Waals surface area contributed by atoms with Crippen LogP contribution in [0.4, 0.5) is 15.0 Å². The fraction of sp³-hybridized carbons (Fsp3) is 0.333. The van der Waals surface area contributed by atoms with E-state index < -0.39 is 0 Å². The summed E-state index contributed by atoms with van der Waals surface area (Å²) >= 11 is 0. The van der Waals surface area contributed by atoms with Gasteiger partial charge in [0.2, 0.25) is 0 Å². The van der Waals surface area contributed by atoms with Crippen molar-refractivity contribution in [1.82, 2.24) is 10.3 Å². The number of carbonyl (C=O) groups excluding carboxylic acids is 1.